The monoisotopic (exact) mass is 384 g/mol. The first-order valence-corrected chi connectivity index (χ1v) is 7.48. The van der Waals surface area contributed by atoms with E-state index in [1.807, 2.05) is 0 Å². The van der Waals surface area contributed by atoms with Crippen molar-refractivity contribution in [3.05, 3.63) is 46.7 Å². The zero-order valence-electron chi connectivity index (χ0n) is 11.9. The van der Waals surface area contributed by atoms with Crippen LogP contribution in [0.15, 0.2) is 40.9 Å². The smallest absolute Gasteiger partial charge is 0.175 e. The van der Waals surface area contributed by atoms with E-state index in [9.17, 15) is 4.39 Å². The summed E-state index contributed by atoms with van der Waals surface area (Å²) in [5, 5.41) is 6.04. The summed E-state index contributed by atoms with van der Waals surface area (Å²) in [6.45, 7) is 0. The third-order valence-electron chi connectivity index (χ3n) is 2.82. The summed E-state index contributed by atoms with van der Waals surface area (Å²) in [7, 11) is 3.11. The minimum atomic E-state index is -0.397. The number of nitrogens with one attached hydrogen (secondary N) is 2. The average Bonchev–Trinajstić information content (AvgIpc) is 2.50. The Balaban J connectivity index is 2.08. The van der Waals surface area contributed by atoms with E-state index in [-0.39, 0.29) is 5.11 Å². The molecule has 0 aliphatic rings. The fourth-order valence-corrected chi connectivity index (χ4v) is 2.35. The Morgan fingerprint density at radius 2 is 1.77 bits per heavy atom. The summed E-state index contributed by atoms with van der Waals surface area (Å²) in [6, 6.07) is 9.97. The van der Waals surface area contributed by atoms with Crippen molar-refractivity contribution in [2.75, 3.05) is 24.9 Å². The molecule has 0 amide bonds. The van der Waals surface area contributed by atoms with Crippen molar-refractivity contribution in [3.8, 4) is 11.5 Å². The van der Waals surface area contributed by atoms with Crippen LogP contribution in [0, 0.1) is 5.82 Å². The third-order valence-corrected chi connectivity index (χ3v) is 3.52. The zero-order valence-corrected chi connectivity index (χ0v) is 14.3. The van der Waals surface area contributed by atoms with E-state index in [0.717, 1.165) is 0 Å². The highest BCUT2D eigenvalue weighted by atomic mass is 79.9. The Labute approximate surface area is 141 Å². The van der Waals surface area contributed by atoms with Crippen LogP contribution in [-0.2, 0) is 0 Å². The van der Waals surface area contributed by atoms with Crippen molar-refractivity contribution < 1.29 is 13.9 Å². The molecule has 2 aromatic rings. The Morgan fingerprint density at radius 1 is 1.05 bits per heavy atom. The van der Waals surface area contributed by atoms with Gasteiger partial charge in [0, 0.05) is 16.2 Å². The molecule has 0 aliphatic heterocycles. The highest BCUT2D eigenvalue weighted by molar-refractivity contribution is 9.10. The van der Waals surface area contributed by atoms with Gasteiger partial charge in [-0.1, -0.05) is 15.9 Å². The molecule has 0 saturated carbocycles. The predicted octanol–water partition coefficient (Wildman–Crippen LogP) is 4.41. The molecule has 0 bridgehead atoms. The van der Waals surface area contributed by atoms with Gasteiger partial charge in [-0.15, -0.1) is 0 Å². The predicted molar refractivity (Wildman–Crippen MR) is 93.5 cm³/mol. The lowest BCUT2D eigenvalue weighted by atomic mass is 10.2. The second-order valence-corrected chi connectivity index (χ2v) is 5.60. The first-order valence-electron chi connectivity index (χ1n) is 6.28. The third kappa shape index (κ3) is 4.08. The highest BCUT2D eigenvalue weighted by Crippen LogP contribution is 2.29. The van der Waals surface area contributed by atoms with E-state index in [1.54, 1.807) is 44.6 Å². The summed E-state index contributed by atoms with van der Waals surface area (Å²) >= 11 is 8.38. The van der Waals surface area contributed by atoms with Gasteiger partial charge < -0.3 is 20.1 Å². The Hall–Kier alpha value is -1.86. The number of methoxy groups -OCH3 is 2. The van der Waals surface area contributed by atoms with Gasteiger partial charge in [-0.05, 0) is 42.5 Å². The normalized spacial score (nSPS) is 10.0. The van der Waals surface area contributed by atoms with Crippen LogP contribution in [0.4, 0.5) is 15.8 Å². The van der Waals surface area contributed by atoms with Crippen LogP contribution in [0.3, 0.4) is 0 Å². The summed E-state index contributed by atoms with van der Waals surface area (Å²) in [5.74, 6) is 0.793. The van der Waals surface area contributed by atoms with Gasteiger partial charge in [0.15, 0.2) is 16.6 Å². The number of halogens is 2. The lowest BCUT2D eigenvalue weighted by molar-refractivity contribution is 0.355. The van der Waals surface area contributed by atoms with E-state index < -0.39 is 5.82 Å². The zero-order chi connectivity index (χ0) is 16.1. The lowest BCUT2D eigenvalue weighted by Crippen LogP contribution is -2.19. The van der Waals surface area contributed by atoms with Crippen LogP contribution in [-0.4, -0.2) is 19.3 Å². The Morgan fingerprint density at radius 3 is 2.41 bits per heavy atom. The van der Waals surface area contributed by atoms with Crippen molar-refractivity contribution in [2.45, 2.75) is 0 Å². The van der Waals surface area contributed by atoms with Gasteiger partial charge in [0.05, 0.1) is 19.9 Å². The molecule has 0 aromatic heterocycles. The minimum Gasteiger partial charge on any atom is -0.493 e. The van der Waals surface area contributed by atoms with Crippen molar-refractivity contribution in [2.24, 2.45) is 0 Å². The maximum atomic E-state index is 13.8. The number of hydrogen-bond donors (Lipinski definition) is 2. The molecule has 4 nitrogen and oxygen atoms in total. The van der Waals surface area contributed by atoms with Gasteiger partial charge in [-0.25, -0.2) is 4.39 Å². The van der Waals surface area contributed by atoms with Gasteiger partial charge in [0.1, 0.15) is 5.82 Å². The highest BCUT2D eigenvalue weighted by Gasteiger charge is 2.08. The fraction of sp³-hybridized carbons (Fsp3) is 0.133. The van der Waals surface area contributed by atoms with Crippen LogP contribution >= 0.6 is 28.1 Å². The molecular formula is C15H14BrFN2O2S. The summed E-state index contributed by atoms with van der Waals surface area (Å²) < 4.78 is 24.8. The number of rotatable bonds is 4. The Bertz CT molecular complexity index is 697. The van der Waals surface area contributed by atoms with Gasteiger partial charge in [-0.2, -0.15) is 0 Å². The molecule has 0 unspecified atom stereocenters. The standard InChI is InChI=1S/C15H14BrFN2O2S/c1-20-13-6-4-10(8-14(13)21-2)18-15(22)19-12-5-3-9(16)7-11(12)17/h3-8H,1-2H3,(H2,18,19,22). The van der Waals surface area contributed by atoms with Crippen molar-refractivity contribution in [1.82, 2.24) is 0 Å². The van der Waals surface area contributed by atoms with Crippen LogP contribution in [0.2, 0.25) is 0 Å². The molecular weight excluding hydrogens is 371 g/mol. The molecule has 0 spiro atoms. The lowest BCUT2D eigenvalue weighted by Gasteiger charge is -2.13. The molecule has 0 saturated heterocycles. The summed E-state index contributed by atoms with van der Waals surface area (Å²) in [5.41, 5.74) is 0.994. The molecule has 0 heterocycles. The number of benzene rings is 2. The van der Waals surface area contributed by atoms with E-state index >= 15 is 0 Å². The molecule has 0 fully saturated rings. The second kappa shape index (κ2) is 7.42. The van der Waals surface area contributed by atoms with E-state index in [1.165, 1.54) is 6.07 Å². The molecule has 116 valence electrons. The van der Waals surface area contributed by atoms with Gasteiger partial charge >= 0.3 is 0 Å². The fourth-order valence-electron chi connectivity index (χ4n) is 1.79. The number of ether oxygens (including phenoxy) is 2. The first kappa shape index (κ1) is 16.5. The number of anilines is 2. The topological polar surface area (TPSA) is 42.5 Å². The van der Waals surface area contributed by atoms with Crippen LogP contribution in [0.25, 0.3) is 0 Å². The maximum Gasteiger partial charge on any atom is 0.175 e. The molecule has 2 aromatic carbocycles. The van der Waals surface area contributed by atoms with Crippen molar-refractivity contribution in [3.63, 3.8) is 0 Å². The number of thiocarbonyl (C=S) groups is 1. The summed E-state index contributed by atoms with van der Waals surface area (Å²) in [6.07, 6.45) is 0. The molecule has 2 N–H and O–H groups in total. The summed E-state index contributed by atoms with van der Waals surface area (Å²) in [4.78, 5) is 0. The number of hydrogen-bond acceptors (Lipinski definition) is 3. The van der Waals surface area contributed by atoms with Crippen LogP contribution in [0.5, 0.6) is 11.5 Å². The largest absolute Gasteiger partial charge is 0.493 e. The molecule has 0 radical (unpaired) electrons. The van der Waals surface area contributed by atoms with Gasteiger partial charge in [0.2, 0.25) is 0 Å². The molecule has 0 atom stereocenters. The maximum absolute atomic E-state index is 13.8. The van der Waals surface area contributed by atoms with Gasteiger partial charge in [0.25, 0.3) is 0 Å². The Kier molecular flexibility index (Phi) is 5.57. The van der Waals surface area contributed by atoms with E-state index in [2.05, 4.69) is 26.6 Å². The second-order valence-electron chi connectivity index (χ2n) is 4.27. The van der Waals surface area contributed by atoms with Crippen LogP contribution in [0.1, 0.15) is 0 Å². The van der Waals surface area contributed by atoms with E-state index in [4.69, 9.17) is 21.7 Å². The molecule has 22 heavy (non-hydrogen) atoms. The van der Waals surface area contributed by atoms with Crippen LogP contribution < -0.4 is 20.1 Å². The van der Waals surface area contributed by atoms with Crippen molar-refractivity contribution >= 4 is 44.6 Å². The minimum absolute atomic E-state index is 0.272. The molecule has 2 rings (SSSR count). The van der Waals surface area contributed by atoms with E-state index in [0.29, 0.717) is 27.3 Å². The SMILES string of the molecule is COc1ccc(NC(=S)Nc2ccc(Br)cc2F)cc1OC. The molecule has 7 heteroatoms. The molecule has 0 aliphatic carbocycles. The first-order chi connectivity index (χ1) is 10.5. The van der Waals surface area contributed by atoms with Crippen molar-refractivity contribution in [1.29, 1.82) is 0 Å². The average molecular weight is 385 g/mol. The van der Waals surface area contributed by atoms with Gasteiger partial charge in [-0.3, -0.25) is 0 Å². The quantitative estimate of drug-likeness (QED) is 0.763.